The van der Waals surface area contributed by atoms with Gasteiger partial charge in [0.15, 0.2) is 0 Å². The number of nitrogens with zero attached hydrogens (tertiary/aromatic N) is 3. The quantitative estimate of drug-likeness (QED) is 0.891. The standard InChI is InChI=1S/C13H10FN5O/c14-9-5-7(6-15)1-4-10(9)16-13(20)12-17-11(18-19-12)8-2-3-8/h1,4-5,8H,2-3H2,(H,16,20)(H,17,18,19). The van der Waals surface area contributed by atoms with E-state index >= 15 is 0 Å². The summed E-state index contributed by atoms with van der Waals surface area (Å²) in [5.41, 5.74) is 0.182. The summed E-state index contributed by atoms with van der Waals surface area (Å²) in [5, 5.41) is 17.5. The first-order valence-electron chi connectivity index (χ1n) is 6.10. The normalized spacial score (nSPS) is 13.8. The Morgan fingerprint density at radius 3 is 2.95 bits per heavy atom. The van der Waals surface area contributed by atoms with E-state index in [1.807, 2.05) is 6.07 Å². The second kappa shape index (κ2) is 4.74. The lowest BCUT2D eigenvalue weighted by atomic mass is 10.2. The van der Waals surface area contributed by atoms with Gasteiger partial charge in [-0.15, -0.1) is 5.10 Å². The molecule has 3 rings (SSSR count). The number of aromatic nitrogens is 3. The molecule has 1 aliphatic rings. The molecular weight excluding hydrogens is 261 g/mol. The van der Waals surface area contributed by atoms with E-state index in [9.17, 15) is 9.18 Å². The summed E-state index contributed by atoms with van der Waals surface area (Å²) in [6.45, 7) is 0. The van der Waals surface area contributed by atoms with E-state index < -0.39 is 11.7 Å². The number of halogens is 1. The number of carbonyl (C=O) groups is 1. The predicted molar refractivity (Wildman–Crippen MR) is 67.4 cm³/mol. The van der Waals surface area contributed by atoms with E-state index in [4.69, 9.17) is 5.26 Å². The van der Waals surface area contributed by atoms with Crippen LogP contribution in [0.3, 0.4) is 0 Å². The lowest BCUT2D eigenvalue weighted by Crippen LogP contribution is -2.14. The van der Waals surface area contributed by atoms with Crippen molar-refractivity contribution in [2.24, 2.45) is 0 Å². The SMILES string of the molecule is N#Cc1ccc(NC(=O)c2n[nH]c(C3CC3)n2)c(F)c1. The Bertz CT molecular complexity index is 714. The van der Waals surface area contributed by atoms with E-state index in [1.165, 1.54) is 12.1 Å². The van der Waals surface area contributed by atoms with Gasteiger partial charge in [-0.3, -0.25) is 9.89 Å². The van der Waals surface area contributed by atoms with Crippen molar-refractivity contribution in [2.75, 3.05) is 5.32 Å². The van der Waals surface area contributed by atoms with Crippen LogP contribution < -0.4 is 5.32 Å². The molecule has 100 valence electrons. The van der Waals surface area contributed by atoms with Crippen molar-refractivity contribution >= 4 is 11.6 Å². The molecular formula is C13H10FN5O. The van der Waals surface area contributed by atoms with Gasteiger partial charge in [0.1, 0.15) is 11.6 Å². The Labute approximate surface area is 113 Å². The van der Waals surface area contributed by atoms with Gasteiger partial charge in [0.2, 0.25) is 5.82 Å². The second-order valence-corrected chi connectivity index (χ2v) is 4.58. The number of carbonyl (C=O) groups excluding carboxylic acids is 1. The molecule has 1 fully saturated rings. The molecule has 0 radical (unpaired) electrons. The fraction of sp³-hybridized carbons (Fsp3) is 0.231. The maximum absolute atomic E-state index is 13.6. The molecule has 0 bridgehead atoms. The highest BCUT2D eigenvalue weighted by atomic mass is 19.1. The van der Waals surface area contributed by atoms with Crippen molar-refractivity contribution in [1.82, 2.24) is 15.2 Å². The summed E-state index contributed by atoms with van der Waals surface area (Å²) in [7, 11) is 0. The van der Waals surface area contributed by atoms with Crippen LogP contribution in [-0.2, 0) is 0 Å². The van der Waals surface area contributed by atoms with Gasteiger partial charge in [-0.2, -0.15) is 5.26 Å². The highest BCUT2D eigenvalue weighted by Gasteiger charge is 2.28. The van der Waals surface area contributed by atoms with Crippen LogP contribution in [0.5, 0.6) is 0 Å². The van der Waals surface area contributed by atoms with Crippen LogP contribution >= 0.6 is 0 Å². The summed E-state index contributed by atoms with van der Waals surface area (Å²) in [6.07, 6.45) is 2.08. The van der Waals surface area contributed by atoms with Gasteiger partial charge in [-0.1, -0.05) is 0 Å². The molecule has 7 heteroatoms. The van der Waals surface area contributed by atoms with E-state index in [0.717, 1.165) is 18.9 Å². The van der Waals surface area contributed by atoms with Crippen LogP contribution in [0.4, 0.5) is 10.1 Å². The molecule has 1 amide bonds. The molecule has 20 heavy (non-hydrogen) atoms. The molecule has 0 atom stereocenters. The number of hydrogen-bond acceptors (Lipinski definition) is 4. The lowest BCUT2D eigenvalue weighted by molar-refractivity contribution is 0.101. The number of benzene rings is 1. The fourth-order valence-electron chi connectivity index (χ4n) is 1.78. The Balaban J connectivity index is 1.76. The summed E-state index contributed by atoms with van der Waals surface area (Å²) in [4.78, 5) is 16.0. The Morgan fingerprint density at radius 1 is 1.50 bits per heavy atom. The molecule has 1 heterocycles. The van der Waals surface area contributed by atoms with Crippen molar-refractivity contribution in [3.63, 3.8) is 0 Å². The highest BCUT2D eigenvalue weighted by Crippen LogP contribution is 2.37. The van der Waals surface area contributed by atoms with Gasteiger partial charge < -0.3 is 5.32 Å². The maximum atomic E-state index is 13.6. The highest BCUT2D eigenvalue weighted by molar-refractivity contribution is 6.01. The van der Waals surface area contributed by atoms with Gasteiger partial charge in [0.25, 0.3) is 5.91 Å². The number of rotatable bonds is 3. The van der Waals surface area contributed by atoms with Crippen LogP contribution in [0, 0.1) is 17.1 Å². The minimum absolute atomic E-state index is 0.00762. The molecule has 0 aliphatic heterocycles. The van der Waals surface area contributed by atoms with Crippen LogP contribution in [0.25, 0.3) is 0 Å². The minimum atomic E-state index is -0.671. The van der Waals surface area contributed by atoms with Gasteiger partial charge in [-0.05, 0) is 31.0 Å². The molecule has 1 saturated carbocycles. The second-order valence-electron chi connectivity index (χ2n) is 4.58. The summed E-state index contributed by atoms with van der Waals surface area (Å²) in [6, 6.07) is 5.64. The van der Waals surface area contributed by atoms with E-state index in [2.05, 4.69) is 20.5 Å². The van der Waals surface area contributed by atoms with Crippen LogP contribution in [-0.4, -0.2) is 21.1 Å². The Morgan fingerprint density at radius 2 is 2.30 bits per heavy atom. The third-order valence-electron chi connectivity index (χ3n) is 3.02. The molecule has 2 N–H and O–H groups in total. The number of nitrogens with one attached hydrogen (secondary N) is 2. The van der Waals surface area contributed by atoms with Gasteiger partial charge in [0, 0.05) is 5.92 Å². The van der Waals surface area contributed by atoms with Crippen LogP contribution in [0.1, 0.15) is 40.8 Å². The largest absolute Gasteiger partial charge is 0.317 e. The molecule has 1 aromatic heterocycles. The molecule has 1 aromatic carbocycles. The fourth-order valence-corrected chi connectivity index (χ4v) is 1.78. The van der Waals surface area contributed by atoms with Crippen molar-refractivity contribution in [3.8, 4) is 6.07 Å². The van der Waals surface area contributed by atoms with Crippen LogP contribution in [0.2, 0.25) is 0 Å². The number of amides is 1. The lowest BCUT2D eigenvalue weighted by Gasteiger charge is -2.03. The van der Waals surface area contributed by atoms with Crippen molar-refractivity contribution < 1.29 is 9.18 Å². The molecule has 2 aromatic rings. The number of hydrogen-bond donors (Lipinski definition) is 2. The third-order valence-corrected chi connectivity index (χ3v) is 3.02. The monoisotopic (exact) mass is 271 g/mol. The zero-order valence-electron chi connectivity index (χ0n) is 10.4. The Hall–Kier alpha value is -2.75. The third kappa shape index (κ3) is 2.36. The number of nitriles is 1. The molecule has 1 aliphatic carbocycles. The molecule has 0 unspecified atom stereocenters. The summed E-state index contributed by atoms with van der Waals surface area (Å²) < 4.78 is 13.6. The minimum Gasteiger partial charge on any atom is -0.317 e. The zero-order chi connectivity index (χ0) is 14.1. The average Bonchev–Trinajstić information content (AvgIpc) is 3.18. The first-order valence-corrected chi connectivity index (χ1v) is 6.10. The topological polar surface area (TPSA) is 94.5 Å². The van der Waals surface area contributed by atoms with E-state index in [0.29, 0.717) is 11.7 Å². The number of H-pyrrole nitrogens is 1. The number of anilines is 1. The van der Waals surface area contributed by atoms with Crippen LogP contribution in [0.15, 0.2) is 18.2 Å². The molecule has 6 nitrogen and oxygen atoms in total. The molecule has 0 spiro atoms. The maximum Gasteiger partial charge on any atom is 0.295 e. The van der Waals surface area contributed by atoms with Gasteiger partial charge in [-0.25, -0.2) is 9.37 Å². The predicted octanol–water partition coefficient (Wildman–Crippen LogP) is 1.95. The summed E-state index contributed by atoms with van der Waals surface area (Å²) in [5.74, 6) is -0.228. The van der Waals surface area contributed by atoms with Crippen molar-refractivity contribution in [3.05, 3.63) is 41.2 Å². The van der Waals surface area contributed by atoms with E-state index in [-0.39, 0.29) is 17.1 Å². The first-order chi connectivity index (χ1) is 9.67. The van der Waals surface area contributed by atoms with Crippen molar-refractivity contribution in [1.29, 1.82) is 5.26 Å². The summed E-state index contributed by atoms with van der Waals surface area (Å²) >= 11 is 0. The molecule has 0 saturated heterocycles. The van der Waals surface area contributed by atoms with E-state index in [1.54, 1.807) is 0 Å². The zero-order valence-corrected chi connectivity index (χ0v) is 10.4. The first kappa shape index (κ1) is 12.3. The van der Waals surface area contributed by atoms with Crippen molar-refractivity contribution in [2.45, 2.75) is 18.8 Å². The smallest absolute Gasteiger partial charge is 0.295 e. The Kier molecular flexibility index (Phi) is 2.91. The van der Waals surface area contributed by atoms with Gasteiger partial charge >= 0.3 is 0 Å². The number of aromatic amines is 1. The van der Waals surface area contributed by atoms with Gasteiger partial charge in [0.05, 0.1) is 17.3 Å². The average molecular weight is 271 g/mol.